The van der Waals surface area contributed by atoms with E-state index in [1.165, 1.54) is 18.1 Å². The van der Waals surface area contributed by atoms with Crippen molar-refractivity contribution in [3.8, 4) is 0 Å². The van der Waals surface area contributed by atoms with E-state index in [1.807, 2.05) is 35.2 Å². The minimum Gasteiger partial charge on any atom is -0.378 e. The van der Waals surface area contributed by atoms with Crippen LogP contribution in [0.3, 0.4) is 0 Å². The van der Waals surface area contributed by atoms with Crippen LogP contribution >= 0.6 is 0 Å². The number of anilines is 4. The monoisotopic (exact) mass is 541 g/mol. The van der Waals surface area contributed by atoms with Crippen molar-refractivity contribution in [1.29, 1.82) is 0 Å². The lowest BCUT2D eigenvalue weighted by Gasteiger charge is -2.27. The second-order valence-corrected chi connectivity index (χ2v) is 9.56. The minimum atomic E-state index is 0.0831. The summed E-state index contributed by atoms with van der Waals surface area (Å²) < 4.78 is 5.40. The smallest absolute Gasteiger partial charge is 0.245 e. The van der Waals surface area contributed by atoms with Gasteiger partial charge in [0.25, 0.3) is 0 Å². The molecule has 0 bridgehead atoms. The Bertz CT molecular complexity index is 1380. The number of ether oxygens (including phenoxy) is 1. The zero-order valence-electron chi connectivity index (χ0n) is 22.6. The Morgan fingerprint density at radius 3 is 2.52 bits per heavy atom. The maximum Gasteiger partial charge on any atom is 0.245 e. The Labute approximate surface area is 233 Å². The molecule has 208 valence electrons. The van der Waals surface area contributed by atoms with Crippen molar-refractivity contribution in [3.63, 3.8) is 0 Å². The largest absolute Gasteiger partial charge is 0.378 e. The molecule has 2 fully saturated rings. The predicted molar refractivity (Wildman–Crippen MR) is 157 cm³/mol. The highest BCUT2D eigenvalue weighted by Crippen LogP contribution is 2.22. The first-order valence-corrected chi connectivity index (χ1v) is 13.7. The summed E-state index contributed by atoms with van der Waals surface area (Å²) in [5, 5.41) is 6.60. The van der Waals surface area contributed by atoms with Gasteiger partial charge in [0.05, 0.1) is 31.4 Å². The molecular weight excluding hydrogens is 506 g/mol. The number of fused-ring (bicyclic) bond motifs is 1. The van der Waals surface area contributed by atoms with Crippen LogP contribution in [0.4, 0.5) is 23.3 Å². The third-order valence-electron chi connectivity index (χ3n) is 6.77. The summed E-state index contributed by atoms with van der Waals surface area (Å²) in [6.45, 7) is 9.12. The van der Waals surface area contributed by atoms with Crippen LogP contribution in [0.15, 0.2) is 67.6 Å². The highest BCUT2D eigenvalue weighted by atomic mass is 16.5. The van der Waals surface area contributed by atoms with Gasteiger partial charge in [0.15, 0.2) is 11.5 Å². The van der Waals surface area contributed by atoms with E-state index in [1.54, 1.807) is 12.5 Å². The highest BCUT2D eigenvalue weighted by molar-refractivity contribution is 5.87. The van der Waals surface area contributed by atoms with E-state index in [4.69, 9.17) is 4.74 Å². The molecule has 0 atom stereocenters. The number of likely N-dealkylation sites (tertiary alicyclic amines) is 1. The molecule has 6 rings (SSSR count). The molecule has 0 saturated carbocycles. The van der Waals surface area contributed by atoms with Crippen LogP contribution in [0.5, 0.6) is 0 Å². The third-order valence-corrected chi connectivity index (χ3v) is 6.77. The number of aromatic amines is 1. The van der Waals surface area contributed by atoms with E-state index in [2.05, 4.69) is 59.2 Å². The van der Waals surface area contributed by atoms with Crippen molar-refractivity contribution < 1.29 is 9.53 Å². The number of hydrogen-bond donors (Lipinski definition) is 3. The van der Waals surface area contributed by atoms with Crippen LogP contribution in [0.25, 0.3) is 11.2 Å². The molecule has 1 amide bonds. The van der Waals surface area contributed by atoms with Crippen LogP contribution in [-0.2, 0) is 16.1 Å². The van der Waals surface area contributed by atoms with Crippen molar-refractivity contribution in [2.75, 3.05) is 54.9 Å². The molecule has 0 radical (unpaired) electrons. The number of benzene rings is 1. The van der Waals surface area contributed by atoms with Gasteiger partial charge >= 0.3 is 0 Å². The molecule has 0 unspecified atom stereocenters. The van der Waals surface area contributed by atoms with E-state index in [0.29, 0.717) is 24.0 Å². The number of hydrogen-bond acceptors (Lipinski definition) is 9. The SMILES string of the molecule is C=CC(=O)N1CCCCC1.c1ccc(CNc2nc(Nc3ccc(N4CCOCC4)nc3)nc3nc[nH]c23)cc1. The highest BCUT2D eigenvalue weighted by Gasteiger charge is 2.14. The van der Waals surface area contributed by atoms with Crippen molar-refractivity contribution >= 4 is 40.3 Å². The maximum atomic E-state index is 11.0. The number of imidazole rings is 1. The molecule has 5 heterocycles. The van der Waals surface area contributed by atoms with Gasteiger partial charge in [0, 0.05) is 32.7 Å². The Morgan fingerprint density at radius 2 is 1.80 bits per heavy atom. The predicted octanol–water partition coefficient (Wildman–Crippen LogP) is 4.13. The van der Waals surface area contributed by atoms with Crippen molar-refractivity contribution in [2.24, 2.45) is 0 Å². The minimum absolute atomic E-state index is 0.0831. The third kappa shape index (κ3) is 7.11. The first-order valence-electron chi connectivity index (χ1n) is 13.7. The molecule has 3 aromatic heterocycles. The van der Waals surface area contributed by atoms with Gasteiger partial charge in [0.2, 0.25) is 11.9 Å². The van der Waals surface area contributed by atoms with E-state index in [0.717, 1.165) is 69.3 Å². The van der Waals surface area contributed by atoms with Crippen LogP contribution in [0.1, 0.15) is 24.8 Å². The second-order valence-electron chi connectivity index (χ2n) is 9.56. The number of H-pyrrole nitrogens is 1. The van der Waals surface area contributed by atoms with Gasteiger partial charge in [-0.3, -0.25) is 4.79 Å². The van der Waals surface area contributed by atoms with Crippen molar-refractivity contribution in [2.45, 2.75) is 25.8 Å². The van der Waals surface area contributed by atoms with Crippen LogP contribution < -0.4 is 15.5 Å². The quantitative estimate of drug-likeness (QED) is 0.296. The second kappa shape index (κ2) is 13.5. The summed E-state index contributed by atoms with van der Waals surface area (Å²) in [5.41, 5.74) is 3.36. The zero-order chi connectivity index (χ0) is 27.6. The van der Waals surface area contributed by atoms with Crippen LogP contribution in [0, 0.1) is 0 Å². The Hall–Kier alpha value is -4.51. The van der Waals surface area contributed by atoms with Gasteiger partial charge in [-0.05, 0) is 43.0 Å². The molecule has 0 spiro atoms. The fourth-order valence-electron chi connectivity index (χ4n) is 4.61. The first kappa shape index (κ1) is 27.1. The number of carbonyl (C=O) groups excluding carboxylic acids is 1. The molecule has 2 aliphatic rings. The Kier molecular flexibility index (Phi) is 9.15. The van der Waals surface area contributed by atoms with Crippen molar-refractivity contribution in [1.82, 2.24) is 29.8 Å². The summed E-state index contributed by atoms with van der Waals surface area (Å²) in [7, 11) is 0. The zero-order valence-corrected chi connectivity index (χ0v) is 22.6. The van der Waals surface area contributed by atoms with Gasteiger partial charge in [-0.2, -0.15) is 9.97 Å². The van der Waals surface area contributed by atoms with Gasteiger partial charge < -0.3 is 30.2 Å². The lowest BCUT2D eigenvalue weighted by molar-refractivity contribution is -0.126. The molecular formula is C29H35N9O2. The summed E-state index contributed by atoms with van der Waals surface area (Å²) in [5.74, 6) is 2.19. The van der Waals surface area contributed by atoms with E-state index in [9.17, 15) is 4.79 Å². The molecule has 1 aromatic carbocycles. The van der Waals surface area contributed by atoms with E-state index < -0.39 is 0 Å². The van der Waals surface area contributed by atoms with Crippen molar-refractivity contribution in [3.05, 3.63) is 73.2 Å². The number of morpholine rings is 1. The lowest BCUT2D eigenvalue weighted by Crippen LogP contribution is -2.36. The maximum absolute atomic E-state index is 11.0. The average Bonchev–Trinajstić information content (AvgIpc) is 3.50. The fourth-order valence-corrected chi connectivity index (χ4v) is 4.61. The molecule has 0 aliphatic carbocycles. The number of nitrogens with zero attached hydrogens (tertiary/aromatic N) is 6. The Balaban J connectivity index is 0.000000274. The van der Waals surface area contributed by atoms with Crippen LogP contribution in [-0.4, -0.2) is 75.1 Å². The Morgan fingerprint density at radius 1 is 1.00 bits per heavy atom. The number of aromatic nitrogens is 5. The molecule has 2 saturated heterocycles. The summed E-state index contributed by atoms with van der Waals surface area (Å²) in [6.07, 6.45) is 8.38. The summed E-state index contributed by atoms with van der Waals surface area (Å²) >= 11 is 0. The number of carbonyl (C=O) groups is 1. The normalized spacial score (nSPS) is 15.2. The topological polar surface area (TPSA) is 124 Å². The van der Waals surface area contributed by atoms with Gasteiger partial charge in [0.1, 0.15) is 11.3 Å². The summed E-state index contributed by atoms with van der Waals surface area (Å²) in [6, 6.07) is 14.1. The number of amides is 1. The molecule has 4 aromatic rings. The van der Waals surface area contributed by atoms with Crippen LogP contribution in [0.2, 0.25) is 0 Å². The van der Waals surface area contributed by atoms with Gasteiger partial charge in [-0.1, -0.05) is 36.9 Å². The number of nitrogens with one attached hydrogen (secondary N) is 3. The standard InChI is InChI=1S/C21H22N8O.C8H13NO/c1-2-4-15(5-3-1)12-23-19-18-20(25-14-24-18)28-21(27-19)26-16-6-7-17(22-13-16)29-8-10-30-11-9-29;1-2-8(10)9-6-4-3-5-7-9/h1-7,13-14H,8-12H2,(H3,23,24,25,26,27,28);2H,1,3-7H2. The molecule has 11 heteroatoms. The molecule has 40 heavy (non-hydrogen) atoms. The number of rotatable bonds is 7. The fraction of sp³-hybridized carbons (Fsp3) is 0.345. The molecule has 11 nitrogen and oxygen atoms in total. The summed E-state index contributed by atoms with van der Waals surface area (Å²) in [4.78, 5) is 36.1. The van der Waals surface area contributed by atoms with E-state index >= 15 is 0 Å². The van der Waals surface area contributed by atoms with Gasteiger partial charge in [-0.25, -0.2) is 9.97 Å². The number of pyridine rings is 1. The number of piperidine rings is 1. The molecule has 2 aliphatic heterocycles. The average molecular weight is 542 g/mol. The first-order chi connectivity index (χ1) is 19.7. The lowest BCUT2D eigenvalue weighted by atomic mass is 10.1. The van der Waals surface area contributed by atoms with Gasteiger partial charge in [-0.15, -0.1) is 0 Å². The van der Waals surface area contributed by atoms with E-state index in [-0.39, 0.29) is 5.91 Å². The molecule has 3 N–H and O–H groups in total.